The van der Waals surface area contributed by atoms with Gasteiger partial charge in [-0.05, 0) is 57.5 Å². The maximum absolute atomic E-state index is 13.6. The van der Waals surface area contributed by atoms with E-state index in [4.69, 9.17) is 0 Å². The molecule has 4 rings (SSSR count). The van der Waals surface area contributed by atoms with Gasteiger partial charge in [-0.3, -0.25) is 9.59 Å². The van der Waals surface area contributed by atoms with Crippen molar-refractivity contribution < 1.29 is 9.18 Å². The minimum Gasteiger partial charge on any atom is -0.302 e. The molecule has 0 unspecified atom stereocenters. The average molecular weight is 409 g/mol. The molecular weight excluding hydrogens is 389 g/mol. The van der Waals surface area contributed by atoms with E-state index in [2.05, 4.69) is 10.1 Å². The Morgan fingerprint density at radius 2 is 1.93 bits per heavy atom. The third kappa shape index (κ3) is 3.31. The number of aryl methyl sites for hydroxylation is 1. The summed E-state index contributed by atoms with van der Waals surface area (Å²) in [5, 5.41) is 3.57. The van der Waals surface area contributed by atoms with Crippen LogP contribution in [0.2, 0.25) is 0 Å². The van der Waals surface area contributed by atoms with Gasteiger partial charge in [-0.25, -0.2) is 14.1 Å². The SMILES string of the molecule is Cc1c(C(=O)c2c[nH]n(C(C)(C)C)c2=O)ccc2sc(-c3cccc(F)c3)nc12. The predicted octanol–water partition coefficient (Wildman–Crippen LogP) is 4.89. The number of hydrogen-bond acceptors (Lipinski definition) is 4. The molecule has 0 fully saturated rings. The lowest BCUT2D eigenvalue weighted by atomic mass is 10.00. The molecule has 0 amide bonds. The fraction of sp³-hybridized carbons (Fsp3) is 0.227. The van der Waals surface area contributed by atoms with Crippen LogP contribution in [0.5, 0.6) is 0 Å². The van der Waals surface area contributed by atoms with Gasteiger partial charge in [0.15, 0.2) is 0 Å². The van der Waals surface area contributed by atoms with Gasteiger partial charge < -0.3 is 5.10 Å². The molecule has 0 atom stereocenters. The minimum atomic E-state index is -0.455. The predicted molar refractivity (Wildman–Crippen MR) is 113 cm³/mol. The van der Waals surface area contributed by atoms with Crippen LogP contribution in [0, 0.1) is 12.7 Å². The Kier molecular flexibility index (Phi) is 4.50. The summed E-state index contributed by atoms with van der Waals surface area (Å²) in [6, 6.07) is 9.82. The molecule has 0 spiro atoms. The largest absolute Gasteiger partial charge is 0.302 e. The molecule has 2 aromatic heterocycles. The van der Waals surface area contributed by atoms with Crippen LogP contribution in [-0.2, 0) is 5.54 Å². The first-order chi connectivity index (χ1) is 13.7. The number of aromatic nitrogens is 3. The number of benzene rings is 2. The molecule has 0 aliphatic heterocycles. The number of rotatable bonds is 3. The quantitative estimate of drug-likeness (QED) is 0.490. The van der Waals surface area contributed by atoms with E-state index in [0.29, 0.717) is 27.2 Å². The zero-order chi connectivity index (χ0) is 20.9. The summed E-state index contributed by atoms with van der Waals surface area (Å²) in [5.41, 5.74) is 1.82. The Balaban J connectivity index is 1.80. The summed E-state index contributed by atoms with van der Waals surface area (Å²) >= 11 is 1.44. The molecule has 1 N–H and O–H groups in total. The van der Waals surface area contributed by atoms with Crippen LogP contribution in [0.4, 0.5) is 4.39 Å². The number of ketones is 1. The van der Waals surface area contributed by atoms with Gasteiger partial charge in [0.25, 0.3) is 5.56 Å². The molecule has 0 radical (unpaired) electrons. The van der Waals surface area contributed by atoms with Crippen LogP contribution in [0.3, 0.4) is 0 Å². The van der Waals surface area contributed by atoms with Crippen molar-refractivity contribution in [1.29, 1.82) is 0 Å². The summed E-state index contributed by atoms with van der Waals surface area (Å²) in [4.78, 5) is 30.4. The van der Waals surface area contributed by atoms with Crippen LogP contribution >= 0.6 is 11.3 Å². The molecular formula is C22H20FN3O2S. The second-order valence-corrected chi connectivity index (χ2v) is 8.97. The average Bonchev–Trinajstić information content (AvgIpc) is 3.25. The van der Waals surface area contributed by atoms with Gasteiger partial charge in [-0.2, -0.15) is 0 Å². The van der Waals surface area contributed by atoms with Gasteiger partial charge in [0.05, 0.1) is 15.8 Å². The van der Waals surface area contributed by atoms with Gasteiger partial charge in [0.2, 0.25) is 5.78 Å². The van der Waals surface area contributed by atoms with Gasteiger partial charge >= 0.3 is 0 Å². The first-order valence-corrected chi connectivity index (χ1v) is 10.00. The third-order valence-electron chi connectivity index (χ3n) is 4.82. The van der Waals surface area contributed by atoms with Crippen LogP contribution in [0.1, 0.15) is 42.3 Å². The van der Waals surface area contributed by atoms with E-state index in [1.165, 1.54) is 34.3 Å². The van der Waals surface area contributed by atoms with Crippen molar-refractivity contribution >= 4 is 27.3 Å². The van der Waals surface area contributed by atoms with E-state index in [9.17, 15) is 14.0 Å². The number of aromatic amines is 1. The molecule has 29 heavy (non-hydrogen) atoms. The highest BCUT2D eigenvalue weighted by Crippen LogP contribution is 2.33. The number of carbonyl (C=O) groups excluding carboxylic acids is 1. The maximum Gasteiger partial charge on any atom is 0.278 e. The molecule has 2 aromatic carbocycles. The summed E-state index contributed by atoms with van der Waals surface area (Å²) in [6.07, 6.45) is 1.46. The smallest absolute Gasteiger partial charge is 0.278 e. The molecule has 148 valence electrons. The molecule has 0 bridgehead atoms. The molecule has 7 heteroatoms. The lowest BCUT2D eigenvalue weighted by molar-refractivity contribution is 0.103. The molecule has 0 aliphatic rings. The standard InChI is InChI=1S/C22H20FN3O2S/c1-12-15(19(27)16-11-24-26(21(16)28)22(2,3)4)8-9-17-18(12)25-20(29-17)13-6-5-7-14(23)10-13/h5-11,24H,1-4H3. The van der Waals surface area contributed by atoms with Crippen molar-refractivity contribution in [3.05, 3.63) is 75.5 Å². The van der Waals surface area contributed by atoms with Crippen molar-refractivity contribution in [3.63, 3.8) is 0 Å². The molecule has 0 aliphatic carbocycles. The molecule has 0 saturated heterocycles. The van der Waals surface area contributed by atoms with Crippen molar-refractivity contribution in [1.82, 2.24) is 14.8 Å². The summed E-state index contributed by atoms with van der Waals surface area (Å²) in [5.74, 6) is -0.661. The molecule has 0 saturated carbocycles. The Labute approximate surface area is 170 Å². The maximum atomic E-state index is 13.6. The third-order valence-corrected chi connectivity index (χ3v) is 5.89. The Bertz CT molecular complexity index is 1310. The van der Waals surface area contributed by atoms with Gasteiger partial charge in [-0.15, -0.1) is 11.3 Å². The van der Waals surface area contributed by atoms with E-state index in [0.717, 1.165) is 4.70 Å². The van der Waals surface area contributed by atoms with E-state index in [1.54, 1.807) is 18.2 Å². The van der Waals surface area contributed by atoms with Gasteiger partial charge in [0, 0.05) is 17.3 Å². The topological polar surface area (TPSA) is 67.8 Å². The first kappa shape index (κ1) is 19.3. The number of carbonyl (C=O) groups is 1. The number of halogens is 1. The Hall–Kier alpha value is -3.06. The summed E-state index contributed by atoms with van der Waals surface area (Å²) < 4.78 is 15.9. The number of fused-ring (bicyclic) bond motifs is 1. The number of nitrogens with zero attached hydrogens (tertiary/aromatic N) is 2. The highest BCUT2D eigenvalue weighted by atomic mass is 32.1. The van der Waals surface area contributed by atoms with E-state index >= 15 is 0 Å². The van der Waals surface area contributed by atoms with Gasteiger partial charge in [-0.1, -0.05) is 12.1 Å². The summed E-state index contributed by atoms with van der Waals surface area (Å²) in [6.45, 7) is 7.48. The highest BCUT2D eigenvalue weighted by molar-refractivity contribution is 7.21. The van der Waals surface area contributed by atoms with Crippen LogP contribution in [-0.4, -0.2) is 20.5 Å². The van der Waals surface area contributed by atoms with Crippen LogP contribution in [0.25, 0.3) is 20.8 Å². The summed E-state index contributed by atoms with van der Waals surface area (Å²) in [7, 11) is 0. The monoisotopic (exact) mass is 409 g/mol. The van der Waals surface area contributed by atoms with Crippen molar-refractivity contribution in [2.45, 2.75) is 33.2 Å². The van der Waals surface area contributed by atoms with Gasteiger partial charge in [0.1, 0.15) is 16.4 Å². The Morgan fingerprint density at radius 3 is 2.59 bits per heavy atom. The first-order valence-electron chi connectivity index (χ1n) is 9.18. The minimum absolute atomic E-state index is 0.1000. The fourth-order valence-electron chi connectivity index (χ4n) is 3.29. The van der Waals surface area contributed by atoms with Crippen LogP contribution < -0.4 is 5.56 Å². The highest BCUT2D eigenvalue weighted by Gasteiger charge is 2.24. The zero-order valence-electron chi connectivity index (χ0n) is 16.5. The zero-order valence-corrected chi connectivity index (χ0v) is 17.4. The normalized spacial score (nSPS) is 11.9. The van der Waals surface area contributed by atoms with Crippen molar-refractivity contribution in [3.8, 4) is 10.6 Å². The van der Waals surface area contributed by atoms with Crippen molar-refractivity contribution in [2.24, 2.45) is 0 Å². The number of hydrogen-bond donors (Lipinski definition) is 1. The second-order valence-electron chi connectivity index (χ2n) is 7.94. The lowest BCUT2D eigenvalue weighted by Crippen LogP contribution is -2.34. The number of H-pyrrole nitrogens is 1. The van der Waals surface area contributed by atoms with Crippen LogP contribution in [0.15, 0.2) is 47.4 Å². The fourth-order valence-corrected chi connectivity index (χ4v) is 4.31. The van der Waals surface area contributed by atoms with Crippen molar-refractivity contribution in [2.75, 3.05) is 0 Å². The van der Waals surface area contributed by atoms with E-state index in [-0.39, 0.29) is 22.7 Å². The number of nitrogens with one attached hydrogen (secondary N) is 1. The Morgan fingerprint density at radius 1 is 1.17 bits per heavy atom. The van der Waals surface area contributed by atoms with E-state index in [1.807, 2.05) is 33.8 Å². The van der Waals surface area contributed by atoms with E-state index < -0.39 is 5.54 Å². The second kappa shape index (κ2) is 6.77. The molecule has 4 aromatic rings. The molecule has 5 nitrogen and oxygen atoms in total. The lowest BCUT2D eigenvalue weighted by Gasteiger charge is -2.18. The number of thiazole rings is 1. The molecule has 2 heterocycles.